The monoisotopic (exact) mass is 380 g/mol. The standard InChI is InChI=1S/C25H33FN2/c1-15(2)11-19(12-16(3)4)25-24(17(5)6)21-13-20(18-7-9-27-10-8-18)22(26)14-23(21)28-25/h11-14,17-18,27-28H,1,7-10H2,2-6H3/b19-11+. The highest BCUT2D eigenvalue weighted by Gasteiger charge is 2.23. The van der Waals surface area contributed by atoms with E-state index in [0.29, 0.717) is 11.8 Å². The van der Waals surface area contributed by atoms with Crippen molar-refractivity contribution in [3.8, 4) is 0 Å². The number of nitrogens with one attached hydrogen (secondary N) is 2. The minimum atomic E-state index is -0.0878. The molecule has 1 saturated heterocycles. The number of aromatic amines is 1. The van der Waals surface area contributed by atoms with Crippen LogP contribution in [0.25, 0.3) is 16.5 Å². The van der Waals surface area contributed by atoms with Gasteiger partial charge in [-0.05, 0) is 87.4 Å². The molecular weight excluding hydrogens is 347 g/mol. The number of hydrogen-bond donors (Lipinski definition) is 2. The topological polar surface area (TPSA) is 27.8 Å². The number of rotatable bonds is 5. The highest BCUT2D eigenvalue weighted by Crippen LogP contribution is 2.38. The molecule has 2 nitrogen and oxygen atoms in total. The van der Waals surface area contributed by atoms with Crippen LogP contribution in [0.4, 0.5) is 4.39 Å². The molecule has 0 atom stereocenters. The molecule has 0 unspecified atom stereocenters. The minimum absolute atomic E-state index is 0.0878. The SMILES string of the molecule is C=C(C)/C=C(\C=C(C)C)c1[nH]c2cc(F)c(C3CCNCC3)cc2c1C(C)C. The van der Waals surface area contributed by atoms with Crippen LogP contribution in [0.2, 0.25) is 0 Å². The Balaban J connectivity index is 2.23. The van der Waals surface area contributed by atoms with Crippen LogP contribution in [0.15, 0.2) is 42.0 Å². The van der Waals surface area contributed by atoms with Gasteiger partial charge in [-0.2, -0.15) is 0 Å². The highest BCUT2D eigenvalue weighted by molar-refractivity contribution is 5.92. The van der Waals surface area contributed by atoms with Gasteiger partial charge in [-0.25, -0.2) is 4.39 Å². The second kappa shape index (κ2) is 8.48. The van der Waals surface area contributed by atoms with E-state index in [1.54, 1.807) is 6.07 Å². The molecule has 0 saturated carbocycles. The second-order valence-electron chi connectivity index (χ2n) is 8.68. The third-order valence-corrected chi connectivity index (χ3v) is 5.45. The molecule has 1 aliphatic heterocycles. The molecule has 0 amide bonds. The summed E-state index contributed by atoms with van der Waals surface area (Å²) in [7, 11) is 0. The van der Waals surface area contributed by atoms with Gasteiger partial charge in [-0.3, -0.25) is 0 Å². The Hall–Kier alpha value is -2.13. The zero-order valence-corrected chi connectivity index (χ0v) is 17.9. The van der Waals surface area contributed by atoms with E-state index < -0.39 is 0 Å². The molecule has 1 aromatic heterocycles. The predicted octanol–water partition coefficient (Wildman–Crippen LogP) is 6.82. The van der Waals surface area contributed by atoms with E-state index in [-0.39, 0.29) is 5.82 Å². The van der Waals surface area contributed by atoms with Crippen molar-refractivity contribution in [3.63, 3.8) is 0 Å². The quantitative estimate of drug-likeness (QED) is 0.547. The summed E-state index contributed by atoms with van der Waals surface area (Å²) in [5.74, 6) is 0.538. The Kier molecular flexibility index (Phi) is 6.24. The van der Waals surface area contributed by atoms with E-state index in [0.717, 1.165) is 59.2 Å². The number of fused-ring (bicyclic) bond motifs is 1. The van der Waals surface area contributed by atoms with E-state index in [9.17, 15) is 4.39 Å². The van der Waals surface area contributed by atoms with E-state index in [2.05, 4.69) is 62.8 Å². The van der Waals surface area contributed by atoms with Gasteiger partial charge in [-0.15, -0.1) is 0 Å². The summed E-state index contributed by atoms with van der Waals surface area (Å²) in [6.45, 7) is 16.6. The van der Waals surface area contributed by atoms with E-state index in [1.807, 2.05) is 6.92 Å². The summed E-state index contributed by atoms with van der Waals surface area (Å²) >= 11 is 0. The Labute approximate surface area is 168 Å². The maximum Gasteiger partial charge on any atom is 0.128 e. The first-order valence-corrected chi connectivity index (χ1v) is 10.4. The lowest BCUT2D eigenvalue weighted by Gasteiger charge is -2.23. The van der Waals surface area contributed by atoms with Crippen molar-refractivity contribution in [2.24, 2.45) is 0 Å². The Morgan fingerprint density at radius 2 is 1.82 bits per heavy atom. The van der Waals surface area contributed by atoms with Crippen LogP contribution in [0.5, 0.6) is 0 Å². The lowest BCUT2D eigenvalue weighted by molar-refractivity contribution is 0.445. The number of benzene rings is 1. The molecular formula is C25H33FN2. The van der Waals surface area contributed by atoms with Gasteiger partial charge in [0.15, 0.2) is 0 Å². The summed E-state index contributed by atoms with van der Waals surface area (Å²) in [6, 6.07) is 3.81. The van der Waals surface area contributed by atoms with Crippen molar-refractivity contribution in [2.45, 2.75) is 59.3 Å². The average Bonchev–Trinajstić information content (AvgIpc) is 2.98. The molecule has 1 aliphatic rings. The van der Waals surface area contributed by atoms with E-state index in [1.165, 1.54) is 11.1 Å². The van der Waals surface area contributed by atoms with Crippen LogP contribution in [0.1, 0.15) is 76.1 Å². The van der Waals surface area contributed by atoms with Crippen molar-refractivity contribution >= 4 is 16.5 Å². The number of hydrogen-bond acceptors (Lipinski definition) is 1. The summed E-state index contributed by atoms with van der Waals surface area (Å²) in [6.07, 6.45) is 6.27. The fraction of sp³-hybridized carbons (Fsp3) is 0.440. The van der Waals surface area contributed by atoms with Gasteiger partial charge in [-0.1, -0.05) is 43.7 Å². The van der Waals surface area contributed by atoms with Crippen molar-refractivity contribution < 1.29 is 4.39 Å². The lowest BCUT2D eigenvalue weighted by Crippen LogP contribution is -2.27. The van der Waals surface area contributed by atoms with Gasteiger partial charge in [0.2, 0.25) is 0 Å². The zero-order chi connectivity index (χ0) is 20.4. The smallest absolute Gasteiger partial charge is 0.128 e. The fourth-order valence-corrected chi connectivity index (χ4v) is 4.29. The van der Waals surface area contributed by atoms with Crippen LogP contribution in [0, 0.1) is 5.82 Å². The fourth-order valence-electron chi connectivity index (χ4n) is 4.29. The summed E-state index contributed by atoms with van der Waals surface area (Å²) in [4.78, 5) is 3.52. The third-order valence-electron chi connectivity index (χ3n) is 5.45. The molecule has 0 radical (unpaired) electrons. The predicted molar refractivity (Wildman–Crippen MR) is 119 cm³/mol. The first kappa shape index (κ1) is 20.6. The third kappa shape index (κ3) is 4.30. The van der Waals surface area contributed by atoms with Crippen molar-refractivity contribution in [2.75, 3.05) is 13.1 Å². The van der Waals surface area contributed by atoms with E-state index in [4.69, 9.17) is 0 Å². The number of aromatic nitrogens is 1. The van der Waals surface area contributed by atoms with Gasteiger partial charge in [0, 0.05) is 16.6 Å². The van der Waals surface area contributed by atoms with Crippen molar-refractivity contribution in [1.82, 2.24) is 10.3 Å². The van der Waals surface area contributed by atoms with Crippen molar-refractivity contribution in [1.29, 1.82) is 0 Å². The van der Waals surface area contributed by atoms with E-state index >= 15 is 0 Å². The highest BCUT2D eigenvalue weighted by atomic mass is 19.1. The molecule has 3 rings (SSSR count). The normalized spacial score (nSPS) is 16.0. The van der Waals surface area contributed by atoms with Crippen LogP contribution >= 0.6 is 0 Å². The molecule has 3 heteroatoms. The molecule has 2 aromatic rings. The summed E-state index contributed by atoms with van der Waals surface area (Å²) in [5.41, 5.74) is 7.42. The number of piperidine rings is 1. The Bertz CT molecular complexity index is 933. The van der Waals surface area contributed by atoms with Gasteiger partial charge in [0.1, 0.15) is 5.82 Å². The molecule has 0 aliphatic carbocycles. The number of H-pyrrole nitrogens is 1. The second-order valence-corrected chi connectivity index (χ2v) is 8.68. The zero-order valence-electron chi connectivity index (χ0n) is 17.9. The number of allylic oxidation sites excluding steroid dienone is 5. The van der Waals surface area contributed by atoms with Crippen LogP contribution in [-0.2, 0) is 0 Å². The van der Waals surface area contributed by atoms with Gasteiger partial charge >= 0.3 is 0 Å². The number of halogens is 1. The maximum atomic E-state index is 15.0. The molecule has 2 N–H and O–H groups in total. The van der Waals surface area contributed by atoms with Crippen LogP contribution < -0.4 is 5.32 Å². The van der Waals surface area contributed by atoms with Gasteiger partial charge in [0.25, 0.3) is 0 Å². The molecule has 28 heavy (non-hydrogen) atoms. The van der Waals surface area contributed by atoms with Crippen LogP contribution in [-0.4, -0.2) is 18.1 Å². The molecule has 2 heterocycles. The summed E-state index contributed by atoms with van der Waals surface area (Å²) in [5, 5.41) is 4.52. The first-order chi connectivity index (χ1) is 13.3. The minimum Gasteiger partial charge on any atom is -0.354 e. The molecule has 0 spiro atoms. The Morgan fingerprint density at radius 1 is 1.14 bits per heavy atom. The maximum absolute atomic E-state index is 15.0. The van der Waals surface area contributed by atoms with Crippen molar-refractivity contribution in [3.05, 3.63) is 64.6 Å². The Morgan fingerprint density at radius 3 is 2.39 bits per heavy atom. The lowest BCUT2D eigenvalue weighted by atomic mass is 9.87. The van der Waals surface area contributed by atoms with Gasteiger partial charge in [0.05, 0.1) is 0 Å². The molecule has 150 valence electrons. The molecule has 1 aromatic carbocycles. The summed E-state index contributed by atoms with van der Waals surface area (Å²) < 4.78 is 15.0. The van der Waals surface area contributed by atoms with Gasteiger partial charge < -0.3 is 10.3 Å². The first-order valence-electron chi connectivity index (χ1n) is 10.4. The largest absolute Gasteiger partial charge is 0.354 e. The molecule has 1 fully saturated rings. The average molecular weight is 381 g/mol. The van der Waals surface area contributed by atoms with Crippen LogP contribution in [0.3, 0.4) is 0 Å². The molecule has 0 bridgehead atoms.